The highest BCUT2D eigenvalue weighted by atomic mass is 32.1. The van der Waals surface area contributed by atoms with Crippen molar-refractivity contribution in [2.45, 2.75) is 96.5 Å². The third kappa shape index (κ3) is 10.1. The van der Waals surface area contributed by atoms with Crippen molar-refractivity contribution < 1.29 is 19.0 Å². The third-order valence-electron chi connectivity index (χ3n) is 7.47. The maximum atomic E-state index is 13.0. The summed E-state index contributed by atoms with van der Waals surface area (Å²) < 4.78 is 20.2. The van der Waals surface area contributed by atoms with E-state index in [-0.39, 0.29) is 12.0 Å². The highest BCUT2D eigenvalue weighted by Crippen LogP contribution is 2.34. The SMILES string of the molecule is CC(C)(C)OC(=O)N1CCCC(c2cc(N(COCC[Si](C)(C)C)COCC[Si](C)(C)C)n3ncc(-c4cncs4)c3n2)C1. The van der Waals surface area contributed by atoms with Gasteiger partial charge in [-0.2, -0.15) is 9.61 Å². The molecule has 3 aromatic heterocycles. The van der Waals surface area contributed by atoms with Crippen molar-refractivity contribution in [3.05, 3.63) is 29.7 Å². The summed E-state index contributed by atoms with van der Waals surface area (Å²) in [5.41, 5.74) is 3.93. The fourth-order valence-corrected chi connectivity index (χ4v) is 7.05. The van der Waals surface area contributed by atoms with E-state index >= 15 is 0 Å². The third-order valence-corrected chi connectivity index (χ3v) is 11.7. The number of anilines is 1. The fourth-order valence-electron chi connectivity index (χ4n) is 4.91. The molecule has 244 valence electrons. The molecule has 4 heterocycles. The van der Waals surface area contributed by atoms with E-state index in [1.54, 1.807) is 11.3 Å². The largest absolute Gasteiger partial charge is 0.444 e. The van der Waals surface area contributed by atoms with Crippen LogP contribution in [-0.4, -0.2) is 92.1 Å². The van der Waals surface area contributed by atoms with Crippen LogP contribution in [0.5, 0.6) is 0 Å². The number of fused-ring (bicyclic) bond motifs is 1. The van der Waals surface area contributed by atoms with Crippen LogP contribution in [0.4, 0.5) is 10.6 Å². The zero-order valence-electron chi connectivity index (χ0n) is 28.2. The molecule has 1 unspecified atom stereocenters. The van der Waals surface area contributed by atoms with Crippen molar-refractivity contribution in [1.82, 2.24) is 24.5 Å². The Morgan fingerprint density at radius 3 is 2.27 bits per heavy atom. The van der Waals surface area contributed by atoms with Crippen LogP contribution in [0.1, 0.15) is 45.2 Å². The minimum absolute atomic E-state index is 0.0618. The molecule has 0 bridgehead atoms. The van der Waals surface area contributed by atoms with Crippen LogP contribution in [0.15, 0.2) is 24.0 Å². The van der Waals surface area contributed by atoms with Crippen LogP contribution in [0.3, 0.4) is 0 Å². The average molecular weight is 661 g/mol. The highest BCUT2D eigenvalue weighted by molar-refractivity contribution is 7.13. The van der Waals surface area contributed by atoms with Gasteiger partial charge in [0.25, 0.3) is 0 Å². The van der Waals surface area contributed by atoms with E-state index in [0.717, 1.165) is 52.5 Å². The summed E-state index contributed by atoms with van der Waals surface area (Å²) in [6.07, 6.45) is 5.28. The quantitative estimate of drug-likeness (QED) is 0.106. The van der Waals surface area contributed by atoms with Crippen LogP contribution in [0, 0.1) is 0 Å². The minimum Gasteiger partial charge on any atom is -0.444 e. The van der Waals surface area contributed by atoms with Crippen LogP contribution in [0.2, 0.25) is 51.4 Å². The van der Waals surface area contributed by atoms with Crippen LogP contribution < -0.4 is 4.90 Å². The molecule has 0 aliphatic carbocycles. The van der Waals surface area contributed by atoms with E-state index in [2.05, 4.69) is 55.2 Å². The number of carbonyl (C=O) groups excluding carboxylic acids is 1. The monoisotopic (exact) mass is 660 g/mol. The van der Waals surface area contributed by atoms with Gasteiger partial charge in [-0.15, -0.1) is 11.3 Å². The summed E-state index contributed by atoms with van der Waals surface area (Å²) in [6.45, 7) is 23.3. The number of nitrogens with zero attached hydrogens (tertiary/aromatic N) is 6. The summed E-state index contributed by atoms with van der Waals surface area (Å²) in [5, 5.41) is 4.81. The van der Waals surface area contributed by atoms with Crippen molar-refractivity contribution in [2.24, 2.45) is 0 Å². The molecule has 13 heteroatoms. The maximum absolute atomic E-state index is 13.0. The van der Waals surface area contributed by atoms with E-state index in [1.165, 1.54) is 0 Å². The highest BCUT2D eigenvalue weighted by Gasteiger charge is 2.30. The van der Waals surface area contributed by atoms with Crippen molar-refractivity contribution >= 4 is 45.0 Å². The minimum atomic E-state index is -1.24. The number of thiazole rings is 1. The molecule has 10 nitrogen and oxygen atoms in total. The molecule has 1 saturated heterocycles. The Kier molecular flexibility index (Phi) is 11.3. The molecule has 4 rings (SSSR count). The van der Waals surface area contributed by atoms with Crippen molar-refractivity contribution in [3.63, 3.8) is 0 Å². The Bertz CT molecular complexity index is 1340. The van der Waals surface area contributed by atoms with E-state index in [1.807, 2.05) is 48.1 Å². The number of likely N-dealkylation sites (tertiary alicyclic amines) is 1. The molecule has 44 heavy (non-hydrogen) atoms. The first-order valence-electron chi connectivity index (χ1n) is 15.8. The average Bonchev–Trinajstić information content (AvgIpc) is 3.60. The number of carbonyl (C=O) groups is 1. The molecule has 0 spiro atoms. The maximum Gasteiger partial charge on any atom is 0.410 e. The zero-order chi connectivity index (χ0) is 32.1. The standard InChI is InChI=1S/C31H52N6O4SSi2/c1-31(2,3)41-30(38)35-12-10-11-24(20-35)26-17-28(37-29(34-26)25(18-33-37)27-19-32-21-42-27)36(22-39-13-15-43(4,5)6)23-40-14-16-44(7,8)9/h17-19,21,24H,10-16,20,22-23H2,1-9H3. The number of aromatic nitrogens is 4. The summed E-state index contributed by atoms with van der Waals surface area (Å²) in [7, 11) is -2.48. The Hall–Kier alpha value is -2.33. The molecule has 1 aliphatic heterocycles. The summed E-state index contributed by atoms with van der Waals surface area (Å²) in [4.78, 5) is 27.5. The van der Waals surface area contributed by atoms with Crippen LogP contribution >= 0.6 is 11.3 Å². The zero-order valence-corrected chi connectivity index (χ0v) is 31.0. The fraction of sp³-hybridized carbons (Fsp3) is 0.677. The van der Waals surface area contributed by atoms with Crippen LogP contribution in [0.25, 0.3) is 16.1 Å². The molecule has 0 aromatic carbocycles. The van der Waals surface area contributed by atoms with Gasteiger partial charge in [-0.25, -0.2) is 9.78 Å². The summed E-state index contributed by atoms with van der Waals surface area (Å²) in [5.74, 6) is 0.933. The predicted molar refractivity (Wildman–Crippen MR) is 184 cm³/mol. The van der Waals surface area contributed by atoms with Gasteiger partial charge in [0, 0.05) is 60.6 Å². The molecule has 1 fully saturated rings. The van der Waals surface area contributed by atoms with Crippen molar-refractivity contribution in [1.29, 1.82) is 0 Å². The first-order valence-corrected chi connectivity index (χ1v) is 24.0. The number of ether oxygens (including phenoxy) is 3. The molecular weight excluding hydrogens is 609 g/mol. The number of hydrogen-bond donors (Lipinski definition) is 0. The molecule has 0 N–H and O–H groups in total. The van der Waals surface area contributed by atoms with E-state index in [4.69, 9.17) is 24.3 Å². The Morgan fingerprint density at radius 1 is 1.05 bits per heavy atom. The van der Waals surface area contributed by atoms with Crippen molar-refractivity contribution in [2.75, 3.05) is 44.7 Å². The number of amides is 1. The topological polar surface area (TPSA) is 94.3 Å². The smallest absolute Gasteiger partial charge is 0.410 e. The van der Waals surface area contributed by atoms with Gasteiger partial charge in [-0.05, 0) is 45.7 Å². The second-order valence-electron chi connectivity index (χ2n) is 15.2. The van der Waals surface area contributed by atoms with Gasteiger partial charge in [-0.3, -0.25) is 4.98 Å². The number of hydrogen-bond acceptors (Lipinski definition) is 9. The van der Waals surface area contributed by atoms with Gasteiger partial charge in [-0.1, -0.05) is 39.3 Å². The van der Waals surface area contributed by atoms with Crippen molar-refractivity contribution in [3.8, 4) is 10.4 Å². The van der Waals surface area contributed by atoms with E-state index in [0.29, 0.717) is 39.8 Å². The molecular formula is C31H52N6O4SSi2. The molecule has 1 amide bonds. The lowest BCUT2D eigenvalue weighted by atomic mass is 9.94. The van der Waals surface area contributed by atoms with Gasteiger partial charge in [0.2, 0.25) is 0 Å². The lowest BCUT2D eigenvalue weighted by Crippen LogP contribution is -2.42. The van der Waals surface area contributed by atoms with Gasteiger partial charge >= 0.3 is 6.09 Å². The van der Waals surface area contributed by atoms with Gasteiger partial charge in [0.1, 0.15) is 24.9 Å². The Balaban J connectivity index is 1.69. The normalized spacial score (nSPS) is 16.5. The summed E-state index contributed by atoms with van der Waals surface area (Å²) >= 11 is 1.57. The van der Waals surface area contributed by atoms with Gasteiger partial charge < -0.3 is 24.0 Å². The molecule has 1 atom stereocenters. The van der Waals surface area contributed by atoms with E-state index < -0.39 is 21.7 Å². The second kappa shape index (κ2) is 14.4. The number of rotatable bonds is 13. The second-order valence-corrected chi connectivity index (χ2v) is 27.3. The first-order chi connectivity index (χ1) is 20.6. The Labute approximate surface area is 269 Å². The number of piperidine rings is 1. The van der Waals surface area contributed by atoms with Gasteiger partial charge in [0.15, 0.2) is 5.65 Å². The van der Waals surface area contributed by atoms with Gasteiger partial charge in [0.05, 0.1) is 27.8 Å². The summed E-state index contributed by atoms with van der Waals surface area (Å²) in [6, 6.07) is 4.30. The molecule has 0 saturated carbocycles. The molecule has 1 aliphatic rings. The Morgan fingerprint density at radius 2 is 1.70 bits per heavy atom. The predicted octanol–water partition coefficient (Wildman–Crippen LogP) is 7.40. The lowest BCUT2D eigenvalue weighted by molar-refractivity contribution is 0.0197. The lowest BCUT2D eigenvalue weighted by Gasteiger charge is -2.34. The molecule has 3 aromatic rings. The van der Waals surface area contributed by atoms with E-state index in [9.17, 15) is 4.79 Å². The first kappa shape index (κ1) is 34.5. The van der Waals surface area contributed by atoms with Crippen LogP contribution in [-0.2, 0) is 14.2 Å². The molecule has 0 radical (unpaired) electrons.